The Morgan fingerprint density at radius 2 is 2.19 bits per heavy atom. The molecule has 2 fully saturated rings. The highest BCUT2D eigenvalue weighted by molar-refractivity contribution is 7.93. The fourth-order valence-corrected chi connectivity index (χ4v) is 4.36. The van der Waals surface area contributed by atoms with Crippen LogP contribution in [0.4, 0.5) is 11.4 Å². The number of nitrogens with zero attached hydrogens (tertiary/aromatic N) is 1. The second kappa shape index (κ2) is 5.65. The fraction of sp³-hybridized carbons (Fsp3) is 0.500. The van der Waals surface area contributed by atoms with Gasteiger partial charge in [-0.2, -0.15) is 0 Å². The molecule has 0 bridgehead atoms. The van der Waals surface area contributed by atoms with Crippen LogP contribution in [-0.4, -0.2) is 39.2 Å². The van der Waals surface area contributed by atoms with E-state index in [2.05, 4.69) is 10.6 Å². The molecule has 0 aliphatic carbocycles. The van der Waals surface area contributed by atoms with Crippen molar-refractivity contribution in [1.29, 1.82) is 0 Å². The fourth-order valence-electron chi connectivity index (χ4n) is 2.81. The third-order valence-electron chi connectivity index (χ3n) is 3.88. The first-order valence-electron chi connectivity index (χ1n) is 7.21. The van der Waals surface area contributed by atoms with Gasteiger partial charge in [0.25, 0.3) is 0 Å². The molecule has 2 heterocycles. The normalized spacial score (nSPS) is 24.2. The summed E-state index contributed by atoms with van der Waals surface area (Å²) in [5.74, 6) is 0.129. The summed E-state index contributed by atoms with van der Waals surface area (Å²) in [4.78, 5) is 12.1. The number of anilines is 2. The number of sulfonamides is 1. The molecule has 0 spiro atoms. The van der Waals surface area contributed by atoms with Crippen LogP contribution in [-0.2, 0) is 14.8 Å². The topological polar surface area (TPSA) is 78.5 Å². The van der Waals surface area contributed by atoms with E-state index in [4.69, 9.17) is 0 Å². The minimum absolute atomic E-state index is 0.0612. The van der Waals surface area contributed by atoms with Gasteiger partial charge in [0.2, 0.25) is 15.9 Å². The van der Waals surface area contributed by atoms with Crippen LogP contribution in [0.25, 0.3) is 0 Å². The molecule has 1 aromatic carbocycles. The molecule has 2 saturated heterocycles. The van der Waals surface area contributed by atoms with Crippen molar-refractivity contribution in [2.24, 2.45) is 0 Å². The standard InChI is InChI=1S/C14H19N3O3S/c18-14(13-6-2-7-15-13)16-11-4-1-5-12(10-11)17-8-3-9-21(17,19)20/h1,4-5,10,13,15H,2-3,6-9H2,(H,16,18). The van der Waals surface area contributed by atoms with E-state index in [0.717, 1.165) is 19.4 Å². The lowest BCUT2D eigenvalue weighted by Gasteiger charge is -2.18. The summed E-state index contributed by atoms with van der Waals surface area (Å²) >= 11 is 0. The summed E-state index contributed by atoms with van der Waals surface area (Å²) in [5.41, 5.74) is 1.25. The van der Waals surface area contributed by atoms with E-state index in [9.17, 15) is 13.2 Å². The summed E-state index contributed by atoms with van der Waals surface area (Å²) in [6, 6.07) is 6.87. The Morgan fingerprint density at radius 3 is 2.86 bits per heavy atom. The smallest absolute Gasteiger partial charge is 0.241 e. The number of benzene rings is 1. The monoisotopic (exact) mass is 309 g/mol. The predicted octanol–water partition coefficient (Wildman–Crippen LogP) is 0.917. The van der Waals surface area contributed by atoms with Gasteiger partial charge in [0.05, 0.1) is 17.5 Å². The van der Waals surface area contributed by atoms with Gasteiger partial charge in [-0.1, -0.05) is 6.07 Å². The molecule has 114 valence electrons. The van der Waals surface area contributed by atoms with Crippen molar-refractivity contribution in [3.8, 4) is 0 Å². The van der Waals surface area contributed by atoms with Crippen LogP contribution in [0, 0.1) is 0 Å². The molecule has 2 aliphatic heterocycles. The van der Waals surface area contributed by atoms with E-state index >= 15 is 0 Å². The van der Waals surface area contributed by atoms with Gasteiger partial charge < -0.3 is 10.6 Å². The van der Waals surface area contributed by atoms with Crippen LogP contribution in [0.1, 0.15) is 19.3 Å². The Morgan fingerprint density at radius 1 is 1.33 bits per heavy atom. The van der Waals surface area contributed by atoms with Gasteiger partial charge >= 0.3 is 0 Å². The maximum atomic E-state index is 12.1. The third kappa shape index (κ3) is 3.03. The number of carbonyl (C=O) groups excluding carboxylic acids is 1. The highest BCUT2D eigenvalue weighted by atomic mass is 32.2. The van der Waals surface area contributed by atoms with Gasteiger partial charge in [0, 0.05) is 12.2 Å². The van der Waals surface area contributed by atoms with Crippen molar-refractivity contribution in [1.82, 2.24) is 5.32 Å². The Kier molecular flexibility index (Phi) is 3.86. The first-order valence-corrected chi connectivity index (χ1v) is 8.82. The molecular formula is C14H19N3O3S. The Bertz CT molecular complexity index is 639. The van der Waals surface area contributed by atoms with Crippen LogP contribution in [0.3, 0.4) is 0 Å². The van der Waals surface area contributed by atoms with E-state index in [1.165, 1.54) is 4.31 Å². The third-order valence-corrected chi connectivity index (χ3v) is 5.75. The number of hydrogen-bond donors (Lipinski definition) is 2. The molecule has 1 unspecified atom stereocenters. The minimum Gasteiger partial charge on any atom is -0.325 e. The molecule has 0 saturated carbocycles. The molecule has 1 amide bonds. The lowest BCUT2D eigenvalue weighted by molar-refractivity contribution is -0.117. The van der Waals surface area contributed by atoms with Crippen LogP contribution in [0.2, 0.25) is 0 Å². The largest absolute Gasteiger partial charge is 0.325 e. The summed E-state index contributed by atoms with van der Waals surface area (Å²) in [7, 11) is -3.19. The number of nitrogens with one attached hydrogen (secondary N) is 2. The van der Waals surface area contributed by atoms with Gasteiger partial charge in [-0.05, 0) is 44.0 Å². The van der Waals surface area contributed by atoms with Crippen molar-refractivity contribution in [2.75, 3.05) is 28.5 Å². The molecule has 0 aromatic heterocycles. The quantitative estimate of drug-likeness (QED) is 0.870. The molecule has 21 heavy (non-hydrogen) atoms. The number of hydrogen-bond acceptors (Lipinski definition) is 4. The molecular weight excluding hydrogens is 290 g/mol. The Labute approximate surface area is 124 Å². The Balaban J connectivity index is 1.75. The van der Waals surface area contributed by atoms with Crippen molar-refractivity contribution in [3.05, 3.63) is 24.3 Å². The van der Waals surface area contributed by atoms with Gasteiger partial charge in [-0.25, -0.2) is 8.42 Å². The highest BCUT2D eigenvalue weighted by Gasteiger charge is 2.28. The number of carbonyl (C=O) groups is 1. The van der Waals surface area contributed by atoms with Gasteiger partial charge in [0.1, 0.15) is 0 Å². The van der Waals surface area contributed by atoms with E-state index in [1.807, 2.05) is 0 Å². The minimum atomic E-state index is -3.19. The molecule has 1 atom stereocenters. The Hall–Kier alpha value is -1.60. The first-order chi connectivity index (χ1) is 10.1. The zero-order chi connectivity index (χ0) is 14.9. The molecule has 7 heteroatoms. The molecule has 6 nitrogen and oxygen atoms in total. The predicted molar refractivity (Wildman–Crippen MR) is 81.8 cm³/mol. The van der Waals surface area contributed by atoms with Crippen LogP contribution < -0.4 is 14.9 Å². The number of amides is 1. The van der Waals surface area contributed by atoms with E-state index in [1.54, 1.807) is 24.3 Å². The number of rotatable bonds is 3. The summed E-state index contributed by atoms with van der Waals surface area (Å²) in [6.07, 6.45) is 2.49. The van der Waals surface area contributed by atoms with Crippen LogP contribution in [0.15, 0.2) is 24.3 Å². The first kappa shape index (κ1) is 14.3. The van der Waals surface area contributed by atoms with E-state index in [0.29, 0.717) is 24.3 Å². The van der Waals surface area contributed by atoms with Gasteiger partial charge in [-0.15, -0.1) is 0 Å². The lowest BCUT2D eigenvalue weighted by atomic mass is 10.2. The van der Waals surface area contributed by atoms with Crippen molar-refractivity contribution in [3.63, 3.8) is 0 Å². The van der Waals surface area contributed by atoms with Gasteiger partial charge in [-0.3, -0.25) is 9.10 Å². The zero-order valence-electron chi connectivity index (χ0n) is 11.7. The summed E-state index contributed by atoms with van der Waals surface area (Å²) in [6.45, 7) is 1.37. The average molecular weight is 309 g/mol. The van der Waals surface area contributed by atoms with Crippen molar-refractivity contribution >= 4 is 27.3 Å². The summed E-state index contributed by atoms with van der Waals surface area (Å²) in [5, 5.41) is 5.99. The molecule has 0 radical (unpaired) electrons. The van der Waals surface area contributed by atoms with E-state index < -0.39 is 10.0 Å². The van der Waals surface area contributed by atoms with Crippen LogP contribution in [0.5, 0.6) is 0 Å². The van der Waals surface area contributed by atoms with Crippen molar-refractivity contribution in [2.45, 2.75) is 25.3 Å². The zero-order valence-corrected chi connectivity index (χ0v) is 12.5. The van der Waals surface area contributed by atoms with E-state index in [-0.39, 0.29) is 17.7 Å². The summed E-state index contributed by atoms with van der Waals surface area (Å²) < 4.78 is 25.3. The van der Waals surface area contributed by atoms with Gasteiger partial charge in [0.15, 0.2) is 0 Å². The molecule has 2 N–H and O–H groups in total. The molecule has 1 aromatic rings. The van der Waals surface area contributed by atoms with Crippen LogP contribution >= 0.6 is 0 Å². The van der Waals surface area contributed by atoms with Crippen molar-refractivity contribution < 1.29 is 13.2 Å². The SMILES string of the molecule is O=C(Nc1cccc(N2CCCS2(=O)=O)c1)C1CCCN1. The second-order valence-electron chi connectivity index (χ2n) is 5.43. The highest BCUT2D eigenvalue weighted by Crippen LogP contribution is 2.26. The second-order valence-corrected chi connectivity index (χ2v) is 7.44. The maximum Gasteiger partial charge on any atom is 0.241 e. The maximum absolute atomic E-state index is 12.1. The lowest BCUT2D eigenvalue weighted by Crippen LogP contribution is -2.35. The molecule has 2 aliphatic rings. The average Bonchev–Trinajstić information content (AvgIpc) is 3.08. The molecule has 3 rings (SSSR count).